The standard InChI is InChI=1S/C14H16N2O5/c1-8-6-9(2)11(16(20)21)7-10(8)12(17)15-14(13(18)19)4-3-5-14/h6-7H,3-5H2,1-2H3,(H,15,17)(H,18,19). The van der Waals surface area contributed by atoms with Crippen molar-refractivity contribution in [1.29, 1.82) is 0 Å². The molecule has 1 aromatic carbocycles. The maximum absolute atomic E-state index is 12.3. The van der Waals surface area contributed by atoms with Gasteiger partial charge in [-0.3, -0.25) is 14.9 Å². The zero-order valence-electron chi connectivity index (χ0n) is 11.8. The van der Waals surface area contributed by atoms with Crippen LogP contribution in [0.1, 0.15) is 40.7 Å². The summed E-state index contributed by atoms with van der Waals surface area (Å²) in [6.07, 6.45) is 1.49. The molecule has 0 radical (unpaired) electrons. The minimum atomic E-state index is -1.23. The minimum Gasteiger partial charge on any atom is -0.480 e. The van der Waals surface area contributed by atoms with Gasteiger partial charge in [-0.2, -0.15) is 0 Å². The molecule has 1 fully saturated rings. The van der Waals surface area contributed by atoms with E-state index in [1.165, 1.54) is 6.07 Å². The molecular weight excluding hydrogens is 276 g/mol. The van der Waals surface area contributed by atoms with Crippen LogP contribution in [-0.4, -0.2) is 27.4 Å². The highest BCUT2D eigenvalue weighted by Crippen LogP contribution is 2.33. The zero-order chi connectivity index (χ0) is 15.8. The first-order chi connectivity index (χ1) is 9.77. The summed E-state index contributed by atoms with van der Waals surface area (Å²) in [5, 5.41) is 22.7. The van der Waals surface area contributed by atoms with Gasteiger partial charge in [-0.1, -0.05) is 0 Å². The lowest BCUT2D eigenvalue weighted by molar-refractivity contribution is -0.385. The molecule has 1 aromatic rings. The highest BCUT2D eigenvalue weighted by Gasteiger charge is 2.46. The summed E-state index contributed by atoms with van der Waals surface area (Å²) in [6.45, 7) is 3.26. The fraction of sp³-hybridized carbons (Fsp3) is 0.429. The van der Waals surface area contributed by atoms with Crippen molar-refractivity contribution in [1.82, 2.24) is 5.32 Å². The Balaban J connectivity index is 2.33. The number of nitro groups is 1. The molecule has 0 unspecified atom stereocenters. The van der Waals surface area contributed by atoms with Gasteiger partial charge in [-0.15, -0.1) is 0 Å². The summed E-state index contributed by atoms with van der Waals surface area (Å²) >= 11 is 0. The van der Waals surface area contributed by atoms with E-state index in [1.807, 2.05) is 0 Å². The van der Waals surface area contributed by atoms with Crippen molar-refractivity contribution in [2.45, 2.75) is 38.6 Å². The smallest absolute Gasteiger partial charge is 0.329 e. The molecule has 0 atom stereocenters. The fourth-order valence-electron chi connectivity index (χ4n) is 2.49. The first kappa shape index (κ1) is 15.0. The number of aryl methyl sites for hydroxylation is 2. The third kappa shape index (κ3) is 2.58. The highest BCUT2D eigenvalue weighted by molar-refractivity contribution is 5.99. The number of benzene rings is 1. The first-order valence-electron chi connectivity index (χ1n) is 6.58. The van der Waals surface area contributed by atoms with Gasteiger partial charge >= 0.3 is 5.97 Å². The molecule has 0 aliphatic heterocycles. The average Bonchev–Trinajstić information content (AvgIpc) is 2.32. The topological polar surface area (TPSA) is 110 Å². The quantitative estimate of drug-likeness (QED) is 0.651. The van der Waals surface area contributed by atoms with Gasteiger partial charge in [0.25, 0.3) is 11.6 Å². The summed E-state index contributed by atoms with van der Waals surface area (Å²) in [5.74, 6) is -1.65. The Morgan fingerprint density at radius 3 is 2.33 bits per heavy atom. The van der Waals surface area contributed by atoms with E-state index in [0.717, 1.165) is 6.42 Å². The second kappa shape index (κ2) is 5.16. The number of nitrogens with one attached hydrogen (secondary N) is 1. The number of rotatable bonds is 4. The molecule has 0 aromatic heterocycles. The van der Waals surface area contributed by atoms with Crippen molar-refractivity contribution in [2.24, 2.45) is 0 Å². The van der Waals surface area contributed by atoms with Crippen LogP contribution in [-0.2, 0) is 4.79 Å². The number of amides is 1. The average molecular weight is 292 g/mol. The Morgan fingerprint density at radius 2 is 1.90 bits per heavy atom. The van der Waals surface area contributed by atoms with Gasteiger partial charge in [-0.25, -0.2) is 4.79 Å². The molecule has 0 heterocycles. The summed E-state index contributed by atoms with van der Waals surface area (Å²) in [6, 6.07) is 2.76. The Hall–Kier alpha value is -2.44. The van der Waals surface area contributed by atoms with Crippen molar-refractivity contribution in [2.75, 3.05) is 0 Å². The lowest BCUT2D eigenvalue weighted by atomic mass is 9.76. The Bertz CT molecular complexity index is 634. The number of nitro benzene ring substituents is 1. The number of hydrogen-bond donors (Lipinski definition) is 2. The van der Waals surface area contributed by atoms with Crippen LogP contribution in [0.4, 0.5) is 5.69 Å². The fourth-order valence-corrected chi connectivity index (χ4v) is 2.49. The van der Waals surface area contributed by atoms with Gasteiger partial charge in [0.05, 0.1) is 4.92 Å². The number of carboxylic acid groups (broad SMARTS) is 1. The van der Waals surface area contributed by atoms with Gasteiger partial charge in [-0.05, 0) is 44.7 Å². The van der Waals surface area contributed by atoms with E-state index in [1.54, 1.807) is 19.9 Å². The molecule has 112 valence electrons. The Labute approximate surface area is 121 Å². The van der Waals surface area contributed by atoms with E-state index < -0.39 is 22.3 Å². The van der Waals surface area contributed by atoms with Gasteiger partial charge in [0.15, 0.2) is 0 Å². The largest absolute Gasteiger partial charge is 0.480 e. The maximum atomic E-state index is 12.3. The molecule has 1 aliphatic carbocycles. The number of carboxylic acids is 1. The molecule has 0 saturated heterocycles. The van der Waals surface area contributed by atoms with E-state index in [0.29, 0.717) is 24.0 Å². The predicted octanol–water partition coefficient (Wildman–Crippen LogP) is 1.95. The molecule has 0 bridgehead atoms. The molecule has 21 heavy (non-hydrogen) atoms. The molecular formula is C14H16N2O5. The second-order valence-corrected chi connectivity index (χ2v) is 5.41. The van der Waals surface area contributed by atoms with Crippen LogP contribution in [0.3, 0.4) is 0 Å². The molecule has 2 N–H and O–H groups in total. The van der Waals surface area contributed by atoms with E-state index in [4.69, 9.17) is 0 Å². The lowest BCUT2D eigenvalue weighted by Crippen LogP contribution is -2.59. The van der Waals surface area contributed by atoms with Gasteiger partial charge in [0.1, 0.15) is 5.54 Å². The zero-order valence-corrected chi connectivity index (χ0v) is 11.8. The molecule has 1 saturated carbocycles. The molecule has 1 aliphatic rings. The lowest BCUT2D eigenvalue weighted by Gasteiger charge is -2.38. The normalized spacial score (nSPS) is 15.9. The van der Waals surface area contributed by atoms with Crippen molar-refractivity contribution in [3.05, 3.63) is 38.9 Å². The van der Waals surface area contributed by atoms with Crippen molar-refractivity contribution in [3.63, 3.8) is 0 Å². The minimum absolute atomic E-state index is 0.139. The van der Waals surface area contributed by atoms with Crippen LogP contribution in [0.25, 0.3) is 0 Å². The summed E-state index contributed by atoms with van der Waals surface area (Å²) < 4.78 is 0. The van der Waals surface area contributed by atoms with Crippen molar-refractivity contribution < 1.29 is 19.6 Å². The Morgan fingerprint density at radius 1 is 1.29 bits per heavy atom. The SMILES string of the molecule is Cc1cc(C)c([N+](=O)[O-])cc1C(=O)NC1(C(=O)O)CCC1. The van der Waals surface area contributed by atoms with Crippen LogP contribution in [0.15, 0.2) is 12.1 Å². The van der Waals surface area contributed by atoms with Crippen LogP contribution in [0.5, 0.6) is 0 Å². The highest BCUT2D eigenvalue weighted by atomic mass is 16.6. The van der Waals surface area contributed by atoms with Gasteiger partial charge in [0.2, 0.25) is 0 Å². The van der Waals surface area contributed by atoms with Gasteiger partial charge in [0, 0.05) is 17.2 Å². The molecule has 1 amide bonds. The number of nitrogens with zero attached hydrogens (tertiary/aromatic N) is 1. The van der Waals surface area contributed by atoms with Gasteiger partial charge < -0.3 is 10.4 Å². The number of carbonyl (C=O) groups excluding carboxylic acids is 1. The van der Waals surface area contributed by atoms with Crippen molar-refractivity contribution in [3.8, 4) is 0 Å². The summed E-state index contributed by atoms with van der Waals surface area (Å²) in [5.41, 5.74) is -0.201. The van der Waals surface area contributed by atoms with E-state index in [2.05, 4.69) is 5.32 Å². The molecule has 2 rings (SSSR count). The predicted molar refractivity (Wildman–Crippen MR) is 74.3 cm³/mol. The second-order valence-electron chi connectivity index (χ2n) is 5.41. The van der Waals surface area contributed by atoms with Crippen molar-refractivity contribution >= 4 is 17.6 Å². The third-order valence-electron chi connectivity index (χ3n) is 3.95. The first-order valence-corrected chi connectivity index (χ1v) is 6.58. The van der Waals surface area contributed by atoms with E-state index in [9.17, 15) is 24.8 Å². The van der Waals surface area contributed by atoms with Crippen LogP contribution in [0.2, 0.25) is 0 Å². The summed E-state index contributed by atoms with van der Waals surface area (Å²) in [4.78, 5) is 33.9. The van der Waals surface area contributed by atoms with E-state index >= 15 is 0 Å². The van der Waals surface area contributed by atoms with Crippen LogP contribution in [0, 0.1) is 24.0 Å². The third-order valence-corrected chi connectivity index (χ3v) is 3.95. The van der Waals surface area contributed by atoms with E-state index in [-0.39, 0.29) is 11.3 Å². The number of aliphatic carboxylic acids is 1. The molecule has 7 heteroatoms. The summed E-state index contributed by atoms with van der Waals surface area (Å²) in [7, 11) is 0. The molecule has 7 nitrogen and oxygen atoms in total. The van der Waals surface area contributed by atoms with Crippen LogP contribution < -0.4 is 5.32 Å². The monoisotopic (exact) mass is 292 g/mol. The number of carbonyl (C=O) groups is 2. The Kier molecular flexibility index (Phi) is 3.67. The molecule has 0 spiro atoms. The maximum Gasteiger partial charge on any atom is 0.329 e. The number of hydrogen-bond acceptors (Lipinski definition) is 4. The van der Waals surface area contributed by atoms with Crippen LogP contribution >= 0.6 is 0 Å².